The largest absolute Gasteiger partial charge is 0.508 e. The minimum absolute atomic E-state index is 0.181. The molecule has 0 saturated carbocycles. The minimum Gasteiger partial charge on any atom is -0.508 e. The molecule has 0 unspecified atom stereocenters. The van der Waals surface area contributed by atoms with E-state index >= 15 is 0 Å². The van der Waals surface area contributed by atoms with Gasteiger partial charge in [-0.3, -0.25) is 0 Å². The summed E-state index contributed by atoms with van der Waals surface area (Å²) in [6, 6.07) is 1.15. The van der Waals surface area contributed by atoms with Crippen molar-refractivity contribution in [2.45, 2.75) is 12.2 Å². The van der Waals surface area contributed by atoms with Crippen LogP contribution in [0.15, 0.2) is 18.2 Å². The van der Waals surface area contributed by atoms with Crippen LogP contribution >= 0.6 is 0 Å². The van der Waals surface area contributed by atoms with Crippen molar-refractivity contribution in [3.05, 3.63) is 23.8 Å². The number of rotatable bonds is 1. The van der Waals surface area contributed by atoms with Crippen LogP contribution in [0.1, 0.15) is 11.6 Å². The molecule has 1 aromatic rings. The summed E-state index contributed by atoms with van der Waals surface area (Å²) >= 11 is 0. The third-order valence-electron chi connectivity index (χ3n) is 1.74. The minimum atomic E-state index is -4.58. The van der Waals surface area contributed by atoms with E-state index in [1.165, 1.54) is 6.07 Å². The van der Waals surface area contributed by atoms with Gasteiger partial charge in [-0.05, 0) is 6.07 Å². The molecule has 0 aliphatic rings. The van der Waals surface area contributed by atoms with Crippen molar-refractivity contribution in [1.82, 2.24) is 0 Å². The molecule has 1 atom stereocenters. The number of phenols is 1. The number of alkyl halides is 3. The highest BCUT2D eigenvalue weighted by Gasteiger charge is 2.39. The van der Waals surface area contributed by atoms with Crippen molar-refractivity contribution in [3.63, 3.8) is 0 Å². The lowest BCUT2D eigenvalue weighted by atomic mass is 10.1. The van der Waals surface area contributed by atoms with Crippen LogP contribution in [-0.2, 0) is 0 Å². The SMILES string of the molecule is Nc1ccc([C@@H](N)C(F)(F)F)c(O)c1. The normalized spacial score (nSPS) is 14.0. The highest BCUT2D eigenvalue weighted by molar-refractivity contribution is 5.49. The first kappa shape index (κ1) is 10.6. The lowest BCUT2D eigenvalue weighted by molar-refractivity contribution is -0.149. The fraction of sp³-hybridized carbons (Fsp3) is 0.250. The molecule has 0 saturated heterocycles. The Morgan fingerprint density at radius 1 is 1.29 bits per heavy atom. The van der Waals surface area contributed by atoms with Gasteiger partial charge >= 0.3 is 6.18 Å². The molecule has 0 aliphatic heterocycles. The zero-order valence-corrected chi connectivity index (χ0v) is 7.05. The maximum Gasteiger partial charge on any atom is 0.407 e. The molecule has 0 bridgehead atoms. The Labute approximate surface area is 78.1 Å². The number of halogens is 3. The first-order valence-electron chi connectivity index (χ1n) is 3.73. The lowest BCUT2D eigenvalue weighted by Crippen LogP contribution is -2.28. The number of nitrogen functional groups attached to an aromatic ring is 1. The van der Waals surface area contributed by atoms with Crippen LogP contribution in [0.5, 0.6) is 5.75 Å². The Kier molecular flexibility index (Phi) is 2.57. The number of benzene rings is 1. The highest BCUT2D eigenvalue weighted by Crippen LogP contribution is 2.35. The number of nitrogens with two attached hydrogens (primary N) is 2. The average Bonchev–Trinajstić information content (AvgIpc) is 2.01. The molecule has 3 nitrogen and oxygen atoms in total. The van der Waals surface area contributed by atoms with Gasteiger partial charge < -0.3 is 16.6 Å². The van der Waals surface area contributed by atoms with Gasteiger partial charge in [-0.25, -0.2) is 0 Å². The Balaban J connectivity index is 3.08. The van der Waals surface area contributed by atoms with E-state index in [2.05, 4.69) is 0 Å². The smallest absolute Gasteiger partial charge is 0.407 e. The maximum atomic E-state index is 12.1. The topological polar surface area (TPSA) is 72.3 Å². The van der Waals surface area contributed by atoms with Crippen LogP contribution in [0.4, 0.5) is 18.9 Å². The van der Waals surface area contributed by atoms with Gasteiger partial charge in [0.2, 0.25) is 0 Å². The fourth-order valence-electron chi connectivity index (χ4n) is 1.00. The van der Waals surface area contributed by atoms with Crippen LogP contribution in [0.3, 0.4) is 0 Å². The van der Waals surface area contributed by atoms with E-state index in [0.717, 1.165) is 12.1 Å². The molecule has 0 fully saturated rings. The first-order chi connectivity index (χ1) is 6.32. The summed E-state index contributed by atoms with van der Waals surface area (Å²) in [6.07, 6.45) is -4.58. The van der Waals surface area contributed by atoms with Crippen molar-refractivity contribution in [2.24, 2.45) is 5.73 Å². The molecule has 0 aliphatic carbocycles. The monoisotopic (exact) mass is 206 g/mol. The average molecular weight is 206 g/mol. The molecular formula is C8H9F3N2O. The van der Waals surface area contributed by atoms with Gasteiger partial charge in [-0.1, -0.05) is 6.07 Å². The van der Waals surface area contributed by atoms with E-state index in [-0.39, 0.29) is 11.3 Å². The number of phenolic OH excluding ortho intramolecular Hbond substituents is 1. The second-order valence-corrected chi connectivity index (χ2v) is 2.84. The van der Waals surface area contributed by atoms with Gasteiger partial charge in [-0.2, -0.15) is 13.2 Å². The molecule has 14 heavy (non-hydrogen) atoms. The van der Waals surface area contributed by atoms with Crippen LogP contribution in [0.25, 0.3) is 0 Å². The molecular weight excluding hydrogens is 197 g/mol. The van der Waals surface area contributed by atoms with E-state index in [0.29, 0.717) is 0 Å². The molecule has 1 aromatic carbocycles. The number of aromatic hydroxyl groups is 1. The summed E-state index contributed by atoms with van der Waals surface area (Å²) in [5, 5.41) is 9.17. The maximum absolute atomic E-state index is 12.1. The van der Waals surface area contributed by atoms with Gasteiger partial charge in [0.15, 0.2) is 0 Å². The summed E-state index contributed by atoms with van der Waals surface area (Å²) in [6.45, 7) is 0. The Bertz CT molecular complexity index is 338. The molecule has 0 radical (unpaired) electrons. The first-order valence-corrected chi connectivity index (χ1v) is 3.73. The Hall–Kier alpha value is -1.43. The second-order valence-electron chi connectivity index (χ2n) is 2.84. The van der Waals surface area contributed by atoms with Gasteiger partial charge in [0.05, 0.1) is 0 Å². The van der Waals surface area contributed by atoms with Crippen molar-refractivity contribution in [2.75, 3.05) is 5.73 Å². The third-order valence-corrected chi connectivity index (χ3v) is 1.74. The van der Waals surface area contributed by atoms with Crippen molar-refractivity contribution >= 4 is 5.69 Å². The molecule has 1 rings (SSSR count). The summed E-state index contributed by atoms with van der Waals surface area (Å²) in [5.41, 5.74) is 9.95. The second kappa shape index (κ2) is 3.38. The zero-order valence-electron chi connectivity index (χ0n) is 7.05. The third kappa shape index (κ3) is 2.08. The van der Waals surface area contributed by atoms with E-state index in [9.17, 15) is 13.2 Å². The van der Waals surface area contributed by atoms with E-state index < -0.39 is 18.0 Å². The molecule has 5 N–H and O–H groups in total. The zero-order chi connectivity index (χ0) is 10.9. The van der Waals surface area contributed by atoms with Crippen LogP contribution in [0.2, 0.25) is 0 Å². The van der Waals surface area contributed by atoms with Gasteiger partial charge in [0.25, 0.3) is 0 Å². The standard InChI is InChI=1S/C8H9F3N2O/c9-8(10,11)7(13)5-2-1-4(12)3-6(5)14/h1-3,7,14H,12-13H2/t7-/m1/s1. The van der Waals surface area contributed by atoms with Crippen LogP contribution in [-0.4, -0.2) is 11.3 Å². The quantitative estimate of drug-likeness (QED) is 0.610. The molecule has 0 heterocycles. The highest BCUT2D eigenvalue weighted by atomic mass is 19.4. The Morgan fingerprint density at radius 3 is 2.29 bits per heavy atom. The van der Waals surface area contributed by atoms with Crippen molar-refractivity contribution < 1.29 is 18.3 Å². The fourth-order valence-corrected chi connectivity index (χ4v) is 1.00. The van der Waals surface area contributed by atoms with Crippen molar-refractivity contribution in [3.8, 4) is 5.75 Å². The van der Waals surface area contributed by atoms with Crippen molar-refractivity contribution in [1.29, 1.82) is 0 Å². The van der Waals surface area contributed by atoms with E-state index in [1.807, 2.05) is 0 Å². The van der Waals surface area contributed by atoms with E-state index in [4.69, 9.17) is 16.6 Å². The predicted molar refractivity (Wildman–Crippen MR) is 45.5 cm³/mol. The van der Waals surface area contributed by atoms with Gasteiger partial charge in [-0.15, -0.1) is 0 Å². The molecule has 6 heteroatoms. The molecule has 0 aromatic heterocycles. The predicted octanol–water partition coefficient (Wildman–Crippen LogP) is 1.54. The lowest BCUT2D eigenvalue weighted by Gasteiger charge is -2.16. The van der Waals surface area contributed by atoms with E-state index in [1.54, 1.807) is 0 Å². The number of hydrogen-bond donors (Lipinski definition) is 3. The summed E-state index contributed by atoms with van der Waals surface area (Å²) in [5.74, 6) is -0.546. The molecule has 0 spiro atoms. The summed E-state index contributed by atoms with van der Waals surface area (Å²) in [7, 11) is 0. The number of hydrogen-bond acceptors (Lipinski definition) is 3. The Morgan fingerprint density at radius 2 is 1.86 bits per heavy atom. The molecule has 78 valence electrons. The molecule has 0 amide bonds. The van der Waals surface area contributed by atoms with Gasteiger partial charge in [0, 0.05) is 17.3 Å². The summed E-state index contributed by atoms with van der Waals surface area (Å²) in [4.78, 5) is 0. The number of anilines is 1. The van der Waals surface area contributed by atoms with Gasteiger partial charge in [0.1, 0.15) is 11.8 Å². The van der Waals surface area contributed by atoms with Crippen LogP contribution < -0.4 is 11.5 Å². The van der Waals surface area contributed by atoms with Crippen LogP contribution in [0, 0.1) is 0 Å². The summed E-state index contributed by atoms with van der Waals surface area (Å²) < 4.78 is 36.4.